The fourth-order valence-electron chi connectivity index (χ4n) is 3.07. The highest BCUT2D eigenvalue weighted by molar-refractivity contribution is 6.74. The zero-order chi connectivity index (χ0) is 21.0. The molecule has 0 spiro atoms. The molecule has 3 atom stereocenters. The molecule has 5 heteroatoms. The second-order valence-corrected chi connectivity index (χ2v) is 14.2. The Labute approximate surface area is 172 Å². The van der Waals surface area contributed by atoms with Gasteiger partial charge in [-0.25, -0.2) is 0 Å². The molecule has 0 amide bonds. The van der Waals surface area contributed by atoms with Crippen molar-refractivity contribution in [3.8, 4) is 12.3 Å². The molecule has 2 rings (SSSR count). The molecule has 1 aliphatic rings. The van der Waals surface area contributed by atoms with Crippen molar-refractivity contribution in [1.29, 1.82) is 0 Å². The molecular weight excluding hydrogens is 368 g/mol. The Hall–Kier alpha value is -1.16. The minimum absolute atomic E-state index is 0.0914. The van der Waals surface area contributed by atoms with Crippen LogP contribution in [0.5, 0.6) is 0 Å². The van der Waals surface area contributed by atoms with Gasteiger partial charge in [-0.2, -0.15) is 0 Å². The van der Waals surface area contributed by atoms with Crippen LogP contribution in [0.4, 0.5) is 0 Å². The summed E-state index contributed by atoms with van der Waals surface area (Å²) in [4.78, 5) is 0. The van der Waals surface area contributed by atoms with Gasteiger partial charge in [0.1, 0.15) is 12.2 Å². The molecule has 0 radical (unpaired) electrons. The predicted octanol–water partition coefficient (Wildman–Crippen LogP) is 5.14. The van der Waals surface area contributed by atoms with Gasteiger partial charge < -0.3 is 18.6 Å². The van der Waals surface area contributed by atoms with Crippen LogP contribution in [0.15, 0.2) is 30.3 Å². The van der Waals surface area contributed by atoms with E-state index in [1.54, 1.807) is 0 Å². The van der Waals surface area contributed by atoms with E-state index in [0.29, 0.717) is 19.6 Å². The van der Waals surface area contributed by atoms with Gasteiger partial charge in [0.25, 0.3) is 0 Å². The average molecular weight is 405 g/mol. The summed E-state index contributed by atoms with van der Waals surface area (Å²) in [5, 5.41) is 0.0914. The van der Waals surface area contributed by atoms with E-state index in [-0.39, 0.29) is 23.4 Å². The minimum Gasteiger partial charge on any atom is -0.410 e. The molecule has 0 unspecified atom stereocenters. The van der Waals surface area contributed by atoms with Crippen LogP contribution in [0.1, 0.15) is 46.6 Å². The number of terminal acetylenes is 1. The third-order valence-corrected chi connectivity index (χ3v) is 10.1. The SMILES string of the molecule is C#CC[C@@H](O[Si](C)(C)C(C)(C)C)[C@H]1OC(C)(C)O[C@@H]1COCc1ccccc1. The summed E-state index contributed by atoms with van der Waals surface area (Å²) in [6.07, 6.45) is 5.48. The zero-order valence-corrected chi connectivity index (χ0v) is 19.5. The quantitative estimate of drug-likeness (QED) is 0.444. The van der Waals surface area contributed by atoms with E-state index in [0.717, 1.165) is 5.56 Å². The Morgan fingerprint density at radius 2 is 1.82 bits per heavy atom. The molecule has 1 aromatic carbocycles. The van der Waals surface area contributed by atoms with E-state index >= 15 is 0 Å². The number of rotatable bonds is 8. The van der Waals surface area contributed by atoms with E-state index in [4.69, 9.17) is 25.1 Å². The number of ether oxygens (including phenoxy) is 3. The first kappa shape index (κ1) is 23.1. The number of benzene rings is 1. The van der Waals surface area contributed by atoms with Crippen LogP contribution in [0.3, 0.4) is 0 Å². The second-order valence-electron chi connectivity index (χ2n) is 9.46. The van der Waals surface area contributed by atoms with E-state index < -0.39 is 14.1 Å². The monoisotopic (exact) mass is 404 g/mol. The van der Waals surface area contributed by atoms with E-state index in [1.807, 2.05) is 32.0 Å². The third kappa shape index (κ3) is 6.17. The summed E-state index contributed by atoms with van der Waals surface area (Å²) in [6.45, 7) is 16.0. The van der Waals surface area contributed by atoms with Crippen molar-refractivity contribution in [3.63, 3.8) is 0 Å². The molecule has 1 aliphatic heterocycles. The van der Waals surface area contributed by atoms with Crippen molar-refractivity contribution in [2.45, 2.75) is 89.9 Å². The molecule has 156 valence electrons. The largest absolute Gasteiger partial charge is 0.410 e. The zero-order valence-electron chi connectivity index (χ0n) is 18.5. The summed E-state index contributed by atoms with van der Waals surface area (Å²) < 4.78 is 25.0. The Morgan fingerprint density at radius 3 is 2.39 bits per heavy atom. The highest BCUT2D eigenvalue weighted by Gasteiger charge is 2.48. The molecule has 1 heterocycles. The van der Waals surface area contributed by atoms with Gasteiger partial charge in [-0.15, -0.1) is 12.3 Å². The summed E-state index contributed by atoms with van der Waals surface area (Å²) in [5.41, 5.74) is 1.13. The van der Waals surface area contributed by atoms with Gasteiger partial charge in [-0.05, 0) is 37.5 Å². The predicted molar refractivity (Wildman–Crippen MR) is 115 cm³/mol. The lowest BCUT2D eigenvalue weighted by atomic mass is 10.1. The standard InChI is InChI=1S/C23H36O4Si/c1-9-13-19(27-28(7,8)22(2,3)4)21-20(25-23(5,6)26-21)17-24-16-18-14-11-10-12-15-18/h1,10-12,14-15,19-21H,13,16-17H2,2-8H3/t19-,20-,21-/m1/s1. The van der Waals surface area contributed by atoms with Crippen molar-refractivity contribution in [1.82, 2.24) is 0 Å². The smallest absolute Gasteiger partial charge is 0.192 e. The first-order valence-corrected chi connectivity index (χ1v) is 12.9. The fraction of sp³-hybridized carbons (Fsp3) is 0.652. The first-order valence-electron chi connectivity index (χ1n) is 10.0. The van der Waals surface area contributed by atoms with E-state index in [9.17, 15) is 0 Å². The lowest BCUT2D eigenvalue weighted by Crippen LogP contribution is -2.49. The summed E-state index contributed by atoms with van der Waals surface area (Å²) >= 11 is 0. The van der Waals surface area contributed by atoms with Crippen molar-refractivity contribution in [3.05, 3.63) is 35.9 Å². The van der Waals surface area contributed by atoms with Crippen molar-refractivity contribution in [2.75, 3.05) is 6.61 Å². The van der Waals surface area contributed by atoms with Crippen molar-refractivity contribution < 1.29 is 18.6 Å². The first-order chi connectivity index (χ1) is 13.0. The molecule has 1 aromatic rings. The molecular formula is C23H36O4Si. The van der Waals surface area contributed by atoms with Crippen molar-refractivity contribution >= 4 is 8.32 Å². The van der Waals surface area contributed by atoms with E-state index in [1.165, 1.54) is 0 Å². The van der Waals surface area contributed by atoms with Crippen LogP contribution < -0.4 is 0 Å². The molecule has 1 fully saturated rings. The normalized spacial score (nSPS) is 23.4. The Bertz CT molecular complexity index is 657. The maximum Gasteiger partial charge on any atom is 0.192 e. The fourth-order valence-corrected chi connectivity index (χ4v) is 4.40. The highest BCUT2D eigenvalue weighted by atomic mass is 28.4. The molecule has 0 saturated carbocycles. The highest BCUT2D eigenvalue weighted by Crippen LogP contribution is 2.40. The molecule has 0 aromatic heterocycles. The van der Waals surface area contributed by atoms with Crippen LogP contribution in [0.2, 0.25) is 18.1 Å². The Balaban J connectivity index is 2.09. The van der Waals surface area contributed by atoms with Gasteiger partial charge in [-0.1, -0.05) is 51.1 Å². The van der Waals surface area contributed by atoms with E-state index in [2.05, 4.69) is 51.9 Å². The van der Waals surface area contributed by atoms with Gasteiger partial charge in [-0.3, -0.25) is 0 Å². The van der Waals surface area contributed by atoms with Gasteiger partial charge >= 0.3 is 0 Å². The summed E-state index contributed by atoms with van der Waals surface area (Å²) in [5.74, 6) is 2.08. The van der Waals surface area contributed by atoms with Crippen LogP contribution in [0, 0.1) is 12.3 Å². The van der Waals surface area contributed by atoms with Gasteiger partial charge in [0.05, 0.1) is 19.3 Å². The Kier molecular flexibility index (Phi) is 7.52. The van der Waals surface area contributed by atoms with Gasteiger partial charge in [0.15, 0.2) is 14.1 Å². The van der Waals surface area contributed by atoms with Crippen LogP contribution in [-0.2, 0) is 25.2 Å². The van der Waals surface area contributed by atoms with Crippen LogP contribution >= 0.6 is 0 Å². The lowest BCUT2D eigenvalue weighted by Gasteiger charge is -2.40. The molecule has 4 nitrogen and oxygen atoms in total. The summed E-state index contributed by atoms with van der Waals surface area (Å²) in [6, 6.07) is 10.1. The van der Waals surface area contributed by atoms with Crippen LogP contribution in [-0.4, -0.2) is 39.0 Å². The average Bonchev–Trinajstić information content (AvgIpc) is 2.89. The molecule has 0 N–H and O–H groups in total. The van der Waals surface area contributed by atoms with Gasteiger partial charge in [0.2, 0.25) is 0 Å². The minimum atomic E-state index is -2.00. The van der Waals surface area contributed by atoms with Crippen LogP contribution in [0.25, 0.3) is 0 Å². The molecule has 0 bridgehead atoms. The second kappa shape index (κ2) is 9.11. The maximum atomic E-state index is 6.65. The lowest BCUT2D eigenvalue weighted by molar-refractivity contribution is -0.157. The number of hydrogen-bond donors (Lipinski definition) is 0. The van der Waals surface area contributed by atoms with Gasteiger partial charge in [0, 0.05) is 6.42 Å². The topological polar surface area (TPSA) is 36.9 Å². The Morgan fingerprint density at radius 1 is 1.18 bits per heavy atom. The molecule has 1 saturated heterocycles. The number of hydrogen-bond acceptors (Lipinski definition) is 4. The van der Waals surface area contributed by atoms with Crippen molar-refractivity contribution in [2.24, 2.45) is 0 Å². The maximum absolute atomic E-state index is 6.65. The molecule has 28 heavy (non-hydrogen) atoms. The summed E-state index contributed by atoms with van der Waals surface area (Å²) in [7, 11) is -2.00. The third-order valence-electron chi connectivity index (χ3n) is 5.55. The molecule has 0 aliphatic carbocycles.